The normalized spacial score (nSPS) is 30.7. The summed E-state index contributed by atoms with van der Waals surface area (Å²) in [4.78, 5) is 2.66. The third-order valence-corrected chi connectivity index (χ3v) is 9.94. The first-order chi connectivity index (χ1) is 19.7. The number of hydrogen-bond acceptors (Lipinski definition) is 6. The molecule has 6 heteroatoms. The number of unbranched alkanes of at least 4 members (excludes halogenated alkanes) is 7. The Kier molecular flexibility index (Phi) is 13.9. The van der Waals surface area contributed by atoms with E-state index >= 15 is 0 Å². The van der Waals surface area contributed by atoms with Crippen LogP contribution in [-0.4, -0.2) is 65.9 Å². The minimum Gasteiger partial charge on any atom is -0.491 e. The first kappa shape index (κ1) is 34.3. The van der Waals surface area contributed by atoms with Gasteiger partial charge in [-0.2, -0.15) is 0 Å². The maximum Gasteiger partial charge on any atom is 0.185 e. The lowest BCUT2D eigenvalue weighted by Crippen LogP contribution is -2.48. The Hall–Kier alpha value is -1.18. The fourth-order valence-corrected chi connectivity index (χ4v) is 6.40. The van der Waals surface area contributed by atoms with Crippen molar-refractivity contribution in [3.63, 3.8) is 0 Å². The topological polar surface area (TPSA) is 63.7 Å². The number of rotatable bonds is 16. The van der Waals surface area contributed by atoms with Gasteiger partial charge in [0, 0.05) is 17.5 Å². The van der Waals surface area contributed by atoms with E-state index in [1.807, 2.05) is 24.3 Å². The average molecular weight is 576 g/mol. The number of likely N-dealkylation sites (tertiary alicyclic amines) is 1. The van der Waals surface area contributed by atoms with Gasteiger partial charge in [0.05, 0.1) is 32.0 Å². The number of ether oxygens (including phenoxy) is 4. The second-order valence-electron chi connectivity index (χ2n) is 13.0. The zero-order chi connectivity index (χ0) is 29.9. The van der Waals surface area contributed by atoms with E-state index in [4.69, 9.17) is 18.9 Å². The summed E-state index contributed by atoms with van der Waals surface area (Å²) in [6.45, 7) is 18.9. The molecule has 6 nitrogen and oxygen atoms in total. The van der Waals surface area contributed by atoms with E-state index in [-0.39, 0.29) is 17.4 Å². The summed E-state index contributed by atoms with van der Waals surface area (Å²) in [5, 5.41) is 9.28. The summed E-state index contributed by atoms with van der Waals surface area (Å²) in [6, 6.07) is 8.05. The van der Waals surface area contributed by atoms with E-state index in [0.717, 1.165) is 43.9 Å². The molecular formula is C35H61NO5. The van der Waals surface area contributed by atoms with Gasteiger partial charge in [-0.25, -0.2) is 0 Å². The lowest BCUT2D eigenvalue weighted by molar-refractivity contribution is -0.185. The second kappa shape index (κ2) is 16.6. The smallest absolute Gasteiger partial charge is 0.185 e. The largest absolute Gasteiger partial charge is 0.491 e. The van der Waals surface area contributed by atoms with Crippen LogP contribution in [0.25, 0.3) is 0 Å². The molecule has 1 aromatic rings. The highest BCUT2D eigenvalue weighted by atomic mass is 16.7. The van der Waals surface area contributed by atoms with Gasteiger partial charge in [-0.15, -0.1) is 0 Å². The third-order valence-electron chi connectivity index (χ3n) is 9.94. The average Bonchev–Trinajstić information content (AvgIpc) is 3.69. The van der Waals surface area contributed by atoms with Crippen LogP contribution in [0.5, 0.6) is 5.75 Å². The fraction of sp³-hybridized carbons (Fsp3) is 0.829. The maximum atomic E-state index is 9.28. The molecule has 3 heterocycles. The molecule has 4 rings (SSSR count). The zero-order valence-corrected chi connectivity index (χ0v) is 27.3. The van der Waals surface area contributed by atoms with Crippen molar-refractivity contribution < 1.29 is 24.1 Å². The Morgan fingerprint density at radius 2 is 1.59 bits per heavy atom. The van der Waals surface area contributed by atoms with Crippen molar-refractivity contribution in [1.82, 2.24) is 4.90 Å². The number of hydrogen-bond donors (Lipinski definition) is 1. The zero-order valence-electron chi connectivity index (χ0n) is 27.3. The van der Waals surface area contributed by atoms with Crippen molar-refractivity contribution in [1.29, 1.82) is 0 Å². The van der Waals surface area contributed by atoms with E-state index in [1.54, 1.807) is 6.92 Å². The molecule has 0 bridgehead atoms. The maximum absolute atomic E-state index is 9.28. The lowest BCUT2D eigenvalue weighted by Gasteiger charge is -2.41. The van der Waals surface area contributed by atoms with Crippen molar-refractivity contribution in [3.8, 4) is 5.75 Å². The molecule has 0 radical (unpaired) electrons. The van der Waals surface area contributed by atoms with Gasteiger partial charge in [-0.1, -0.05) is 91.2 Å². The molecule has 41 heavy (non-hydrogen) atoms. The van der Waals surface area contributed by atoms with Crippen LogP contribution in [0.4, 0.5) is 0 Å². The SMILES string of the molecule is CC(O)c1ccc(OCC2CO2)cc1.CCCCCCCCCCC1COC2(CN(C(C)CC)C(C)(CC)C2C)O1. The predicted octanol–water partition coefficient (Wildman–Crippen LogP) is 8.07. The first-order valence-corrected chi connectivity index (χ1v) is 16.8. The van der Waals surface area contributed by atoms with Crippen molar-refractivity contribution in [3.05, 3.63) is 29.8 Å². The quantitative estimate of drug-likeness (QED) is 0.159. The molecule has 1 aromatic carbocycles. The van der Waals surface area contributed by atoms with Crippen LogP contribution in [0.2, 0.25) is 0 Å². The van der Waals surface area contributed by atoms with Crippen molar-refractivity contribution in [2.75, 3.05) is 26.4 Å². The summed E-state index contributed by atoms with van der Waals surface area (Å²) in [5.74, 6) is 0.858. The molecule has 0 aromatic heterocycles. The molecular weight excluding hydrogens is 514 g/mol. The van der Waals surface area contributed by atoms with Gasteiger partial charge >= 0.3 is 0 Å². The molecule has 1 spiro atoms. The van der Waals surface area contributed by atoms with Crippen molar-refractivity contribution in [2.24, 2.45) is 5.92 Å². The van der Waals surface area contributed by atoms with Crippen LogP contribution in [0, 0.1) is 5.92 Å². The Bertz CT molecular complexity index is 859. The number of benzene rings is 1. The minimum atomic E-state index is -0.421. The monoisotopic (exact) mass is 575 g/mol. The molecule has 7 atom stereocenters. The van der Waals surface area contributed by atoms with E-state index in [9.17, 15) is 5.11 Å². The number of aliphatic hydroxyl groups excluding tert-OH is 1. The Morgan fingerprint density at radius 3 is 2.15 bits per heavy atom. The Balaban J connectivity index is 0.000000275. The van der Waals surface area contributed by atoms with E-state index in [2.05, 4.69) is 46.4 Å². The highest BCUT2D eigenvalue weighted by Crippen LogP contribution is 2.50. The van der Waals surface area contributed by atoms with Crippen LogP contribution in [0.15, 0.2) is 24.3 Å². The van der Waals surface area contributed by atoms with Crippen LogP contribution in [0.1, 0.15) is 131 Å². The van der Waals surface area contributed by atoms with E-state index in [1.165, 1.54) is 57.8 Å². The number of epoxide rings is 1. The van der Waals surface area contributed by atoms with Gasteiger partial charge in [-0.05, 0) is 57.7 Å². The molecule has 0 aliphatic carbocycles. The summed E-state index contributed by atoms with van der Waals surface area (Å²) in [7, 11) is 0. The molecule has 0 amide bonds. The predicted molar refractivity (Wildman–Crippen MR) is 167 cm³/mol. The third kappa shape index (κ3) is 9.66. The first-order valence-electron chi connectivity index (χ1n) is 16.8. The second-order valence-corrected chi connectivity index (χ2v) is 13.0. The van der Waals surface area contributed by atoms with Gasteiger partial charge in [0.1, 0.15) is 18.5 Å². The van der Waals surface area contributed by atoms with Gasteiger partial charge < -0.3 is 24.1 Å². The highest BCUT2D eigenvalue weighted by molar-refractivity contribution is 5.28. The molecule has 1 N–H and O–H groups in total. The summed E-state index contributed by atoms with van der Waals surface area (Å²) >= 11 is 0. The van der Waals surface area contributed by atoms with Gasteiger partial charge in [0.15, 0.2) is 5.79 Å². The van der Waals surface area contributed by atoms with Crippen LogP contribution < -0.4 is 4.74 Å². The van der Waals surface area contributed by atoms with Crippen LogP contribution in [0.3, 0.4) is 0 Å². The van der Waals surface area contributed by atoms with E-state index in [0.29, 0.717) is 24.7 Å². The van der Waals surface area contributed by atoms with Crippen molar-refractivity contribution >= 4 is 0 Å². The molecule has 3 saturated heterocycles. The highest BCUT2D eigenvalue weighted by Gasteiger charge is 2.61. The van der Waals surface area contributed by atoms with E-state index < -0.39 is 6.10 Å². The van der Waals surface area contributed by atoms with Gasteiger partial charge in [0.25, 0.3) is 0 Å². The molecule has 3 fully saturated rings. The Morgan fingerprint density at radius 1 is 0.951 bits per heavy atom. The Labute approximate surface area is 251 Å². The van der Waals surface area contributed by atoms with Crippen LogP contribution in [-0.2, 0) is 14.2 Å². The molecule has 3 aliphatic heterocycles. The van der Waals surface area contributed by atoms with Gasteiger partial charge in [-0.3, -0.25) is 4.90 Å². The van der Waals surface area contributed by atoms with Crippen molar-refractivity contribution in [2.45, 2.75) is 155 Å². The number of aliphatic hydroxyl groups is 1. The summed E-state index contributed by atoms with van der Waals surface area (Å²) in [6.07, 6.45) is 14.6. The molecule has 3 aliphatic rings. The summed E-state index contributed by atoms with van der Waals surface area (Å²) < 4.78 is 23.5. The van der Waals surface area contributed by atoms with Crippen LogP contribution >= 0.6 is 0 Å². The lowest BCUT2D eigenvalue weighted by atomic mass is 9.82. The molecule has 236 valence electrons. The molecule has 7 unspecified atom stereocenters. The van der Waals surface area contributed by atoms with Gasteiger partial charge in [0.2, 0.25) is 0 Å². The molecule has 0 saturated carbocycles. The summed E-state index contributed by atoms with van der Waals surface area (Å²) in [5.41, 5.74) is 1.07. The number of nitrogens with zero attached hydrogens (tertiary/aromatic N) is 1. The fourth-order valence-electron chi connectivity index (χ4n) is 6.40. The standard InChI is InChI=1S/C24H47NO2.C11H14O3/c1-7-10-11-12-13-14-15-16-17-22-18-26-24(27-22)19-25(20(4)8-2)23(6,9-3)21(24)5;1-8(12)9-2-4-10(5-3-9)13-6-11-7-14-11/h20-22H,7-19H2,1-6H3;2-5,8,11-12H,6-7H2,1H3. The minimum absolute atomic E-state index is 0.169.